The largest absolute Gasteiger partial charge is 0.493 e. The predicted octanol–water partition coefficient (Wildman–Crippen LogP) is 4.78. The van der Waals surface area contributed by atoms with Crippen LogP contribution in [0.4, 0.5) is 5.69 Å². The van der Waals surface area contributed by atoms with Gasteiger partial charge >= 0.3 is 0 Å². The van der Waals surface area contributed by atoms with Crippen molar-refractivity contribution in [2.75, 3.05) is 19.5 Å². The summed E-state index contributed by atoms with van der Waals surface area (Å²) in [5.74, 6) is 0.839. The van der Waals surface area contributed by atoms with Gasteiger partial charge in [-0.1, -0.05) is 35.5 Å². The molecule has 0 spiro atoms. The molecule has 0 radical (unpaired) electrons. The molecular weight excluding hydrogens is 382 g/mol. The van der Waals surface area contributed by atoms with Gasteiger partial charge in [0.25, 0.3) is 11.6 Å². The number of ether oxygens (including phenoxy) is 2. The van der Waals surface area contributed by atoms with Crippen molar-refractivity contribution in [3.63, 3.8) is 0 Å². The van der Waals surface area contributed by atoms with E-state index < -0.39 is 0 Å². The van der Waals surface area contributed by atoms with Crippen LogP contribution in [0.2, 0.25) is 0 Å². The summed E-state index contributed by atoms with van der Waals surface area (Å²) in [4.78, 5) is 17.8. The maximum absolute atomic E-state index is 13.3. The first kappa shape index (κ1) is 19.4. The van der Waals surface area contributed by atoms with Gasteiger partial charge in [0.15, 0.2) is 11.5 Å². The second kappa shape index (κ2) is 7.87. The number of hydrogen-bond acceptors (Lipinski definition) is 6. The van der Waals surface area contributed by atoms with Crippen LogP contribution in [-0.2, 0) is 0 Å². The molecule has 7 heteroatoms. The zero-order chi connectivity index (χ0) is 21.3. The second-order valence-corrected chi connectivity index (χ2v) is 6.85. The predicted molar refractivity (Wildman–Crippen MR) is 114 cm³/mol. The Bertz CT molecular complexity index is 1230. The molecule has 7 nitrogen and oxygen atoms in total. The number of methoxy groups -OCH3 is 2. The smallest absolute Gasteiger partial charge is 0.259 e. The minimum absolute atomic E-state index is 0.291. The van der Waals surface area contributed by atoms with Gasteiger partial charge in [-0.2, -0.15) is 0 Å². The third kappa shape index (κ3) is 3.45. The summed E-state index contributed by atoms with van der Waals surface area (Å²) < 4.78 is 16.0. The number of nitrogens with one attached hydrogen (secondary N) is 1. The van der Waals surface area contributed by atoms with Crippen LogP contribution in [0.15, 0.2) is 53.1 Å². The van der Waals surface area contributed by atoms with E-state index in [1.54, 1.807) is 33.3 Å². The molecule has 0 aliphatic rings. The number of nitrogens with zero attached hydrogens (tertiary/aromatic N) is 2. The first-order valence-electron chi connectivity index (χ1n) is 9.38. The van der Waals surface area contributed by atoms with Crippen LogP contribution in [0.25, 0.3) is 22.4 Å². The molecule has 2 heterocycles. The highest BCUT2D eigenvalue weighted by Gasteiger charge is 2.20. The van der Waals surface area contributed by atoms with E-state index in [-0.39, 0.29) is 5.91 Å². The molecule has 4 rings (SSSR count). The Kier molecular flexibility index (Phi) is 5.10. The average Bonchev–Trinajstić information content (AvgIpc) is 3.15. The second-order valence-electron chi connectivity index (χ2n) is 6.85. The monoisotopic (exact) mass is 403 g/mol. The van der Waals surface area contributed by atoms with E-state index in [2.05, 4.69) is 15.5 Å². The molecule has 4 aromatic rings. The molecule has 30 heavy (non-hydrogen) atoms. The molecule has 0 fully saturated rings. The molecule has 0 unspecified atom stereocenters. The lowest BCUT2D eigenvalue weighted by Gasteiger charge is -2.14. The van der Waals surface area contributed by atoms with Crippen molar-refractivity contribution in [2.45, 2.75) is 13.8 Å². The van der Waals surface area contributed by atoms with Crippen LogP contribution in [0, 0.1) is 13.8 Å². The van der Waals surface area contributed by atoms with Gasteiger partial charge in [0.2, 0.25) is 0 Å². The Morgan fingerprint density at radius 1 is 1.00 bits per heavy atom. The molecule has 152 valence electrons. The zero-order valence-electron chi connectivity index (χ0n) is 17.1. The van der Waals surface area contributed by atoms with Gasteiger partial charge in [-0.25, -0.2) is 4.98 Å². The fourth-order valence-corrected chi connectivity index (χ4v) is 3.34. The van der Waals surface area contributed by atoms with Crippen LogP contribution in [0.3, 0.4) is 0 Å². The fraction of sp³-hybridized carbons (Fsp3) is 0.174. The number of fused-ring (bicyclic) bond motifs is 1. The van der Waals surface area contributed by atoms with Crippen LogP contribution < -0.4 is 14.8 Å². The van der Waals surface area contributed by atoms with Crippen LogP contribution in [0.5, 0.6) is 11.5 Å². The lowest BCUT2D eigenvalue weighted by Crippen LogP contribution is -2.14. The number of rotatable bonds is 5. The van der Waals surface area contributed by atoms with Crippen molar-refractivity contribution >= 4 is 22.7 Å². The highest BCUT2D eigenvalue weighted by atomic mass is 16.5. The molecule has 0 bridgehead atoms. The molecule has 2 aromatic carbocycles. The Morgan fingerprint density at radius 3 is 2.40 bits per heavy atom. The maximum atomic E-state index is 13.3. The number of anilines is 1. The van der Waals surface area contributed by atoms with Crippen molar-refractivity contribution in [2.24, 2.45) is 0 Å². The summed E-state index contributed by atoms with van der Waals surface area (Å²) in [6, 6.07) is 14.9. The number of carbonyl (C=O) groups excluding carboxylic acids is 1. The minimum atomic E-state index is -0.291. The minimum Gasteiger partial charge on any atom is -0.493 e. The number of benzene rings is 2. The fourth-order valence-electron chi connectivity index (χ4n) is 3.34. The molecule has 1 N–H and O–H groups in total. The number of amides is 1. The number of aromatic nitrogens is 2. The van der Waals surface area contributed by atoms with Crippen molar-refractivity contribution < 1.29 is 18.8 Å². The molecule has 0 saturated heterocycles. The number of pyridine rings is 1. The van der Waals surface area contributed by atoms with Gasteiger partial charge in [0.1, 0.15) is 0 Å². The number of hydrogen-bond donors (Lipinski definition) is 1. The van der Waals surface area contributed by atoms with Gasteiger partial charge in [0, 0.05) is 17.3 Å². The van der Waals surface area contributed by atoms with E-state index in [9.17, 15) is 4.79 Å². The Morgan fingerprint density at radius 2 is 1.70 bits per heavy atom. The summed E-state index contributed by atoms with van der Waals surface area (Å²) in [5, 5.41) is 7.55. The van der Waals surface area contributed by atoms with E-state index in [0.717, 1.165) is 11.1 Å². The standard InChI is InChI=1S/C23H21N3O4/c1-13-10-19(28-3)20(29-4)12-17(13)24-22(27)16-11-18(15-8-6-5-7-9-15)25-23-21(16)14(2)26-30-23/h5-12H,1-4H3,(H,24,27). The number of carbonyl (C=O) groups is 1. The van der Waals surface area contributed by atoms with E-state index in [0.29, 0.717) is 45.2 Å². The van der Waals surface area contributed by atoms with E-state index in [1.807, 2.05) is 43.3 Å². The van der Waals surface area contributed by atoms with Gasteiger partial charge in [-0.3, -0.25) is 4.79 Å². The van der Waals surface area contributed by atoms with Crippen LogP contribution in [0.1, 0.15) is 21.6 Å². The number of aryl methyl sites for hydroxylation is 2. The first-order chi connectivity index (χ1) is 14.5. The summed E-state index contributed by atoms with van der Waals surface area (Å²) in [7, 11) is 3.13. The van der Waals surface area contributed by atoms with Gasteiger partial charge in [-0.05, 0) is 31.5 Å². The average molecular weight is 403 g/mol. The highest BCUT2D eigenvalue weighted by Crippen LogP contribution is 2.34. The van der Waals surface area contributed by atoms with Crippen molar-refractivity contribution in [1.82, 2.24) is 10.1 Å². The summed E-state index contributed by atoms with van der Waals surface area (Å²) >= 11 is 0. The normalized spacial score (nSPS) is 10.8. The lowest BCUT2D eigenvalue weighted by atomic mass is 10.0. The van der Waals surface area contributed by atoms with Gasteiger partial charge in [-0.15, -0.1) is 0 Å². The van der Waals surface area contributed by atoms with Crippen molar-refractivity contribution in [1.29, 1.82) is 0 Å². The lowest BCUT2D eigenvalue weighted by molar-refractivity contribution is 0.102. The molecule has 0 atom stereocenters. The SMILES string of the molecule is COc1cc(C)c(NC(=O)c2cc(-c3ccccc3)nc3onc(C)c23)cc1OC. The third-order valence-corrected chi connectivity index (χ3v) is 4.91. The third-order valence-electron chi connectivity index (χ3n) is 4.91. The molecule has 0 saturated carbocycles. The Labute approximate surface area is 173 Å². The molecule has 0 aliphatic heterocycles. The zero-order valence-corrected chi connectivity index (χ0v) is 17.1. The molecule has 2 aromatic heterocycles. The van der Waals surface area contributed by atoms with E-state index in [4.69, 9.17) is 14.0 Å². The first-order valence-corrected chi connectivity index (χ1v) is 9.38. The van der Waals surface area contributed by atoms with E-state index in [1.165, 1.54) is 0 Å². The van der Waals surface area contributed by atoms with E-state index >= 15 is 0 Å². The molecule has 1 amide bonds. The van der Waals surface area contributed by atoms with Gasteiger partial charge in [0.05, 0.1) is 36.6 Å². The summed E-state index contributed by atoms with van der Waals surface area (Å²) in [6.07, 6.45) is 0. The maximum Gasteiger partial charge on any atom is 0.259 e. The van der Waals surface area contributed by atoms with Gasteiger partial charge < -0.3 is 19.3 Å². The highest BCUT2D eigenvalue weighted by molar-refractivity contribution is 6.13. The molecular formula is C23H21N3O4. The summed E-state index contributed by atoms with van der Waals surface area (Å²) in [5.41, 5.74) is 4.34. The van der Waals surface area contributed by atoms with Crippen LogP contribution >= 0.6 is 0 Å². The molecule has 0 aliphatic carbocycles. The van der Waals surface area contributed by atoms with Crippen molar-refractivity contribution in [3.8, 4) is 22.8 Å². The topological polar surface area (TPSA) is 86.5 Å². The quantitative estimate of drug-likeness (QED) is 0.516. The summed E-state index contributed by atoms with van der Waals surface area (Å²) in [6.45, 7) is 3.67. The Balaban J connectivity index is 1.79. The van der Waals surface area contributed by atoms with Crippen LogP contribution in [-0.4, -0.2) is 30.3 Å². The Hall–Kier alpha value is -3.87. The van der Waals surface area contributed by atoms with Crippen molar-refractivity contribution in [3.05, 3.63) is 65.4 Å².